The van der Waals surface area contributed by atoms with E-state index in [2.05, 4.69) is 4.98 Å². The number of rotatable bonds is 3. The van der Waals surface area contributed by atoms with Gasteiger partial charge in [0.2, 0.25) is 0 Å². The second kappa shape index (κ2) is 4.42. The molecule has 0 saturated carbocycles. The summed E-state index contributed by atoms with van der Waals surface area (Å²) in [5, 5.41) is 18.8. The van der Waals surface area contributed by atoms with Gasteiger partial charge < -0.3 is 14.9 Å². The number of benzene rings is 1. The average Bonchev–Trinajstić information content (AvgIpc) is 2.79. The Morgan fingerprint density at radius 2 is 2.24 bits per heavy atom. The van der Waals surface area contributed by atoms with E-state index in [0.29, 0.717) is 16.3 Å². The third-order valence-corrected chi connectivity index (χ3v) is 3.18. The molecule has 0 saturated heterocycles. The normalized spacial score (nSPS) is 10.2. The molecule has 5 nitrogen and oxygen atoms in total. The number of hydrogen-bond donors (Lipinski definition) is 2. The summed E-state index contributed by atoms with van der Waals surface area (Å²) in [6.07, 6.45) is 1.31. The van der Waals surface area contributed by atoms with E-state index in [1.54, 1.807) is 12.1 Å². The highest BCUT2D eigenvalue weighted by Gasteiger charge is 2.11. The predicted octanol–water partition coefficient (Wildman–Crippen LogP) is 2.22. The van der Waals surface area contributed by atoms with Gasteiger partial charge in [-0.1, -0.05) is 0 Å². The fourth-order valence-corrected chi connectivity index (χ4v) is 2.07. The van der Waals surface area contributed by atoms with Crippen molar-refractivity contribution in [2.45, 2.75) is 0 Å². The molecule has 0 amide bonds. The van der Waals surface area contributed by atoms with E-state index in [1.807, 2.05) is 0 Å². The monoisotopic (exact) mass is 251 g/mol. The summed E-state index contributed by atoms with van der Waals surface area (Å²) in [4.78, 5) is 14.9. The number of phenolic OH excluding ortho intramolecular Hbond substituents is 1. The van der Waals surface area contributed by atoms with Crippen LogP contribution in [0, 0.1) is 0 Å². The van der Waals surface area contributed by atoms with Crippen LogP contribution in [0.15, 0.2) is 24.4 Å². The van der Waals surface area contributed by atoms with Crippen LogP contribution in [-0.2, 0) is 0 Å². The third-order valence-electron chi connectivity index (χ3n) is 2.14. The number of carboxylic acid groups (broad SMARTS) is 1. The molecule has 17 heavy (non-hydrogen) atoms. The molecule has 1 heterocycles. The van der Waals surface area contributed by atoms with Gasteiger partial charge in [0.05, 0.1) is 13.3 Å². The smallest absolute Gasteiger partial charge is 0.347 e. The molecule has 0 aliphatic rings. The lowest BCUT2D eigenvalue weighted by atomic mass is 10.2. The topological polar surface area (TPSA) is 79.7 Å². The number of hydrogen-bond acceptors (Lipinski definition) is 5. The molecule has 2 N–H and O–H groups in total. The Labute approximate surface area is 101 Å². The molecule has 0 unspecified atom stereocenters. The summed E-state index contributed by atoms with van der Waals surface area (Å²) in [5.41, 5.74) is 0.706. The molecule has 0 spiro atoms. The molecule has 1 aromatic heterocycles. The summed E-state index contributed by atoms with van der Waals surface area (Å²) in [5.74, 6) is -0.639. The Kier molecular flexibility index (Phi) is 2.97. The summed E-state index contributed by atoms with van der Waals surface area (Å²) < 4.78 is 4.97. The number of ether oxygens (including phenoxy) is 1. The highest BCUT2D eigenvalue weighted by atomic mass is 32.1. The van der Waals surface area contributed by atoms with E-state index in [0.717, 1.165) is 11.3 Å². The first-order valence-electron chi connectivity index (χ1n) is 4.68. The van der Waals surface area contributed by atoms with Gasteiger partial charge in [-0.25, -0.2) is 9.78 Å². The van der Waals surface area contributed by atoms with E-state index in [-0.39, 0.29) is 10.6 Å². The predicted molar refractivity (Wildman–Crippen MR) is 62.7 cm³/mol. The Hall–Kier alpha value is -2.08. The van der Waals surface area contributed by atoms with Gasteiger partial charge in [0.25, 0.3) is 0 Å². The second-order valence-electron chi connectivity index (χ2n) is 3.22. The molecule has 88 valence electrons. The molecule has 0 bridgehead atoms. The molecule has 0 fully saturated rings. The lowest BCUT2D eigenvalue weighted by Gasteiger charge is -2.04. The molecule has 0 aliphatic heterocycles. The van der Waals surface area contributed by atoms with Crippen molar-refractivity contribution >= 4 is 17.3 Å². The number of carbonyl (C=O) groups is 1. The van der Waals surface area contributed by atoms with Gasteiger partial charge in [-0.05, 0) is 18.2 Å². The number of aromatic nitrogens is 1. The minimum Gasteiger partial charge on any atom is -0.504 e. The van der Waals surface area contributed by atoms with Crippen molar-refractivity contribution < 1.29 is 19.7 Å². The van der Waals surface area contributed by atoms with Gasteiger partial charge in [0, 0.05) is 5.56 Å². The average molecular weight is 251 g/mol. The Bertz CT molecular complexity index is 564. The molecular formula is C11H9NO4S. The van der Waals surface area contributed by atoms with Gasteiger partial charge in [0.1, 0.15) is 9.88 Å². The van der Waals surface area contributed by atoms with Crippen molar-refractivity contribution in [3.63, 3.8) is 0 Å². The number of thiazole rings is 1. The molecule has 0 atom stereocenters. The lowest BCUT2D eigenvalue weighted by Crippen LogP contribution is -1.89. The van der Waals surface area contributed by atoms with Crippen LogP contribution < -0.4 is 4.74 Å². The summed E-state index contributed by atoms with van der Waals surface area (Å²) >= 11 is 1.07. The lowest BCUT2D eigenvalue weighted by molar-refractivity contribution is 0.0702. The fourth-order valence-electron chi connectivity index (χ4n) is 1.32. The standard InChI is InChI=1S/C11H9NO4S/c1-16-8-4-6(2-3-7(8)13)10-12-5-9(17-10)11(14)15/h2-5,13H,1H3,(H,14,15). The highest BCUT2D eigenvalue weighted by molar-refractivity contribution is 7.16. The van der Waals surface area contributed by atoms with Gasteiger partial charge in [-0.15, -0.1) is 11.3 Å². The first-order valence-corrected chi connectivity index (χ1v) is 5.50. The van der Waals surface area contributed by atoms with Gasteiger partial charge in [-0.2, -0.15) is 0 Å². The largest absolute Gasteiger partial charge is 0.504 e. The highest BCUT2D eigenvalue weighted by Crippen LogP contribution is 2.33. The first kappa shape index (κ1) is 11.4. The third kappa shape index (κ3) is 2.21. The van der Waals surface area contributed by atoms with E-state index in [1.165, 1.54) is 19.4 Å². The maximum atomic E-state index is 10.7. The number of aromatic carboxylic acids is 1. The zero-order chi connectivity index (χ0) is 12.4. The van der Waals surface area contributed by atoms with Crippen molar-refractivity contribution in [1.82, 2.24) is 4.98 Å². The minimum atomic E-state index is -1.00. The van der Waals surface area contributed by atoms with E-state index >= 15 is 0 Å². The minimum absolute atomic E-state index is 0.0336. The molecule has 1 aromatic carbocycles. The van der Waals surface area contributed by atoms with E-state index in [9.17, 15) is 9.90 Å². The summed E-state index contributed by atoms with van der Waals surface area (Å²) in [6, 6.07) is 4.75. The molecule has 2 aromatic rings. The molecule has 0 aliphatic carbocycles. The second-order valence-corrected chi connectivity index (χ2v) is 4.25. The van der Waals surface area contributed by atoms with Crippen molar-refractivity contribution in [2.24, 2.45) is 0 Å². The van der Waals surface area contributed by atoms with E-state index < -0.39 is 5.97 Å². The molecule has 2 rings (SSSR count). The SMILES string of the molecule is COc1cc(-c2ncc(C(=O)O)s2)ccc1O. The van der Waals surface area contributed by atoms with Gasteiger partial charge in [-0.3, -0.25) is 0 Å². The van der Waals surface area contributed by atoms with Crippen LogP contribution in [0.25, 0.3) is 10.6 Å². The number of methoxy groups -OCH3 is 1. The van der Waals surface area contributed by atoms with Gasteiger partial charge in [0.15, 0.2) is 11.5 Å². The van der Waals surface area contributed by atoms with Crippen molar-refractivity contribution in [2.75, 3.05) is 7.11 Å². The Morgan fingerprint density at radius 1 is 1.47 bits per heavy atom. The van der Waals surface area contributed by atoms with Crippen LogP contribution in [0.4, 0.5) is 0 Å². The van der Waals surface area contributed by atoms with Crippen molar-refractivity contribution in [3.8, 4) is 22.1 Å². The number of carboxylic acids is 1. The first-order chi connectivity index (χ1) is 8.11. The summed E-state index contributed by atoms with van der Waals surface area (Å²) in [7, 11) is 1.45. The zero-order valence-corrected chi connectivity index (χ0v) is 9.69. The van der Waals surface area contributed by atoms with E-state index in [4.69, 9.17) is 9.84 Å². The number of nitrogens with zero attached hydrogens (tertiary/aromatic N) is 1. The van der Waals surface area contributed by atoms with Crippen molar-refractivity contribution in [3.05, 3.63) is 29.3 Å². The van der Waals surface area contributed by atoms with Crippen LogP contribution in [-0.4, -0.2) is 28.3 Å². The molecular weight excluding hydrogens is 242 g/mol. The fraction of sp³-hybridized carbons (Fsp3) is 0.0909. The maximum absolute atomic E-state index is 10.7. The van der Waals surface area contributed by atoms with Crippen LogP contribution in [0.5, 0.6) is 11.5 Å². The quantitative estimate of drug-likeness (QED) is 0.874. The Balaban J connectivity index is 2.42. The van der Waals surface area contributed by atoms with Crippen LogP contribution in [0.2, 0.25) is 0 Å². The molecule has 6 heteroatoms. The van der Waals surface area contributed by atoms with Crippen LogP contribution in [0.1, 0.15) is 9.67 Å². The maximum Gasteiger partial charge on any atom is 0.347 e. The molecule has 0 radical (unpaired) electrons. The van der Waals surface area contributed by atoms with Crippen molar-refractivity contribution in [1.29, 1.82) is 0 Å². The Morgan fingerprint density at radius 3 is 2.82 bits per heavy atom. The van der Waals surface area contributed by atoms with Crippen LogP contribution in [0.3, 0.4) is 0 Å². The number of phenols is 1. The summed E-state index contributed by atoms with van der Waals surface area (Å²) in [6.45, 7) is 0. The zero-order valence-electron chi connectivity index (χ0n) is 8.88. The number of aromatic hydroxyl groups is 1. The van der Waals surface area contributed by atoms with Crippen LogP contribution >= 0.6 is 11.3 Å². The van der Waals surface area contributed by atoms with Gasteiger partial charge >= 0.3 is 5.97 Å².